The lowest BCUT2D eigenvalue weighted by molar-refractivity contribution is -0.122. The van der Waals surface area contributed by atoms with E-state index >= 15 is 0 Å². The summed E-state index contributed by atoms with van der Waals surface area (Å²) in [6.45, 7) is -0.0981. The van der Waals surface area contributed by atoms with E-state index in [1.807, 2.05) is 17.5 Å². The van der Waals surface area contributed by atoms with E-state index < -0.39 is 0 Å². The Balaban J connectivity index is 1.42. The summed E-state index contributed by atoms with van der Waals surface area (Å²) in [5, 5.41) is 5.38. The lowest BCUT2D eigenvalue weighted by atomic mass is 9.88. The minimum absolute atomic E-state index is 0.0410. The summed E-state index contributed by atoms with van der Waals surface area (Å²) in [4.78, 5) is 30.9. The number of halogens is 1. The molecule has 1 aliphatic rings. The summed E-state index contributed by atoms with van der Waals surface area (Å²) in [5.41, 5.74) is 3.59. The zero-order valence-corrected chi connectivity index (χ0v) is 17.5. The fourth-order valence-corrected chi connectivity index (χ4v) is 5.13. The van der Waals surface area contributed by atoms with Crippen molar-refractivity contribution in [2.45, 2.75) is 31.8 Å². The molecular formula is C24H20FN3O2S. The van der Waals surface area contributed by atoms with Crippen LogP contribution in [-0.2, 0) is 17.8 Å². The highest BCUT2D eigenvalue weighted by Crippen LogP contribution is 2.31. The van der Waals surface area contributed by atoms with Gasteiger partial charge in [-0.2, -0.15) is 0 Å². The van der Waals surface area contributed by atoms with Crippen LogP contribution < -0.4 is 10.9 Å². The molecule has 0 spiro atoms. The number of aryl methyl sites for hydroxylation is 1. The topological polar surface area (TPSA) is 64.0 Å². The van der Waals surface area contributed by atoms with Gasteiger partial charge in [-0.05, 0) is 48.1 Å². The molecule has 2 heterocycles. The largest absolute Gasteiger partial charge is 0.348 e. The summed E-state index contributed by atoms with van der Waals surface area (Å²) in [7, 11) is 0. The number of amides is 1. The number of fused-ring (bicyclic) bond motifs is 2. The molecule has 0 radical (unpaired) electrons. The van der Waals surface area contributed by atoms with Gasteiger partial charge in [0.05, 0.1) is 17.8 Å². The second kappa shape index (κ2) is 8.07. The first-order valence-electron chi connectivity index (χ1n) is 10.2. The molecule has 1 amide bonds. The van der Waals surface area contributed by atoms with Gasteiger partial charge in [0.1, 0.15) is 17.2 Å². The molecule has 1 aliphatic carbocycles. The van der Waals surface area contributed by atoms with Crippen molar-refractivity contribution in [2.75, 3.05) is 0 Å². The molecule has 0 bridgehead atoms. The normalized spacial score (nSPS) is 15.6. The van der Waals surface area contributed by atoms with Crippen molar-refractivity contribution < 1.29 is 9.18 Å². The van der Waals surface area contributed by atoms with Crippen LogP contribution in [0.1, 0.15) is 30.0 Å². The second-order valence-corrected chi connectivity index (χ2v) is 8.58. The molecule has 1 N–H and O–H groups in total. The number of hydrogen-bond donors (Lipinski definition) is 1. The van der Waals surface area contributed by atoms with Crippen molar-refractivity contribution in [1.82, 2.24) is 14.9 Å². The monoisotopic (exact) mass is 433 g/mol. The molecule has 4 aromatic rings. The van der Waals surface area contributed by atoms with Crippen molar-refractivity contribution in [2.24, 2.45) is 0 Å². The van der Waals surface area contributed by atoms with E-state index in [1.54, 1.807) is 12.1 Å². The number of carbonyl (C=O) groups is 1. The summed E-state index contributed by atoms with van der Waals surface area (Å²) >= 11 is 1.36. The average Bonchev–Trinajstić information content (AvgIpc) is 3.21. The Labute approximate surface area is 182 Å². The molecule has 0 saturated heterocycles. The maximum Gasteiger partial charge on any atom is 0.263 e. The Morgan fingerprint density at radius 2 is 2.00 bits per heavy atom. The first kappa shape index (κ1) is 19.6. The predicted molar refractivity (Wildman–Crippen MR) is 120 cm³/mol. The van der Waals surface area contributed by atoms with Crippen LogP contribution in [0.2, 0.25) is 0 Å². The van der Waals surface area contributed by atoms with E-state index in [0.29, 0.717) is 15.8 Å². The van der Waals surface area contributed by atoms with Crippen molar-refractivity contribution in [3.05, 3.63) is 87.5 Å². The lowest BCUT2D eigenvalue weighted by Crippen LogP contribution is -2.36. The Hall–Kier alpha value is -3.32. The van der Waals surface area contributed by atoms with Crippen molar-refractivity contribution in [3.8, 4) is 11.1 Å². The highest BCUT2D eigenvalue weighted by Gasteiger charge is 2.22. The van der Waals surface area contributed by atoms with Gasteiger partial charge in [0.25, 0.3) is 5.56 Å². The Bertz CT molecular complexity index is 1330. The molecule has 31 heavy (non-hydrogen) atoms. The SMILES string of the molecule is O=C(Cn1cnc2scc(-c3ccc(F)cc3)c2c1=O)N[C@H]1CCCc2ccccc21. The fraction of sp³-hybridized carbons (Fsp3) is 0.208. The smallest absolute Gasteiger partial charge is 0.263 e. The highest BCUT2D eigenvalue weighted by molar-refractivity contribution is 7.17. The molecule has 2 aromatic carbocycles. The molecular weight excluding hydrogens is 413 g/mol. The standard InChI is InChI=1S/C24H20FN3O2S/c25-17-10-8-16(9-11-17)19-13-31-23-22(19)24(30)28(14-26-23)12-21(29)27-20-7-3-5-15-4-1-2-6-18(15)20/h1-2,4,6,8-11,13-14,20H,3,5,7,12H2,(H,27,29)/t20-/m0/s1. The van der Waals surface area contributed by atoms with Gasteiger partial charge in [0.2, 0.25) is 5.91 Å². The fourth-order valence-electron chi connectivity index (χ4n) is 4.22. The molecule has 156 valence electrons. The maximum absolute atomic E-state index is 13.3. The third-order valence-electron chi connectivity index (χ3n) is 5.73. The van der Waals surface area contributed by atoms with E-state index in [2.05, 4.69) is 22.4 Å². The minimum atomic E-state index is -0.334. The molecule has 2 aromatic heterocycles. The number of aromatic nitrogens is 2. The number of thiophene rings is 1. The van der Waals surface area contributed by atoms with Gasteiger partial charge in [-0.3, -0.25) is 14.2 Å². The summed E-state index contributed by atoms with van der Waals surface area (Å²) in [6, 6.07) is 14.1. The van der Waals surface area contributed by atoms with Crippen LogP contribution in [0, 0.1) is 5.82 Å². The van der Waals surface area contributed by atoms with Gasteiger partial charge in [-0.15, -0.1) is 11.3 Å². The number of rotatable bonds is 4. The Kier molecular flexibility index (Phi) is 5.11. The molecule has 1 atom stereocenters. The second-order valence-electron chi connectivity index (χ2n) is 7.73. The molecule has 0 saturated carbocycles. The van der Waals surface area contributed by atoms with Gasteiger partial charge >= 0.3 is 0 Å². The predicted octanol–water partition coefficient (Wildman–Crippen LogP) is 4.46. The van der Waals surface area contributed by atoms with Crippen LogP contribution in [-0.4, -0.2) is 15.5 Å². The van der Waals surface area contributed by atoms with Gasteiger partial charge in [0.15, 0.2) is 0 Å². The number of hydrogen-bond acceptors (Lipinski definition) is 4. The Morgan fingerprint density at radius 1 is 1.19 bits per heavy atom. The van der Waals surface area contributed by atoms with Gasteiger partial charge in [0, 0.05) is 10.9 Å². The van der Waals surface area contributed by atoms with E-state index in [-0.39, 0.29) is 29.9 Å². The molecule has 0 aliphatic heterocycles. The van der Waals surface area contributed by atoms with Crippen LogP contribution in [0.5, 0.6) is 0 Å². The average molecular weight is 434 g/mol. The molecule has 5 nitrogen and oxygen atoms in total. The van der Waals surface area contributed by atoms with E-state index in [0.717, 1.165) is 30.4 Å². The van der Waals surface area contributed by atoms with Crippen molar-refractivity contribution in [1.29, 1.82) is 0 Å². The van der Waals surface area contributed by atoms with Crippen molar-refractivity contribution in [3.63, 3.8) is 0 Å². The minimum Gasteiger partial charge on any atom is -0.348 e. The van der Waals surface area contributed by atoms with E-state index in [1.165, 1.54) is 39.9 Å². The molecule has 5 rings (SSSR count). The quantitative estimate of drug-likeness (QED) is 0.517. The first-order chi connectivity index (χ1) is 15.1. The zero-order chi connectivity index (χ0) is 21.4. The third kappa shape index (κ3) is 3.77. The summed E-state index contributed by atoms with van der Waals surface area (Å²) in [5.74, 6) is -0.553. The number of nitrogens with one attached hydrogen (secondary N) is 1. The van der Waals surface area contributed by atoms with Crippen LogP contribution >= 0.6 is 11.3 Å². The molecule has 0 fully saturated rings. The van der Waals surface area contributed by atoms with Crippen molar-refractivity contribution >= 4 is 27.5 Å². The summed E-state index contributed by atoms with van der Waals surface area (Å²) in [6.07, 6.45) is 4.34. The lowest BCUT2D eigenvalue weighted by Gasteiger charge is -2.26. The van der Waals surface area contributed by atoms with Crippen LogP contribution in [0.3, 0.4) is 0 Å². The highest BCUT2D eigenvalue weighted by atomic mass is 32.1. The maximum atomic E-state index is 13.3. The third-order valence-corrected chi connectivity index (χ3v) is 6.62. The van der Waals surface area contributed by atoms with E-state index in [4.69, 9.17) is 0 Å². The number of benzene rings is 2. The summed E-state index contributed by atoms with van der Waals surface area (Å²) < 4.78 is 14.6. The van der Waals surface area contributed by atoms with Crippen LogP contribution in [0.25, 0.3) is 21.3 Å². The van der Waals surface area contributed by atoms with Gasteiger partial charge < -0.3 is 5.32 Å². The van der Waals surface area contributed by atoms with E-state index in [9.17, 15) is 14.0 Å². The van der Waals surface area contributed by atoms with Crippen LogP contribution in [0.15, 0.2) is 65.0 Å². The zero-order valence-electron chi connectivity index (χ0n) is 16.7. The number of nitrogens with zero attached hydrogens (tertiary/aromatic N) is 2. The van der Waals surface area contributed by atoms with Crippen LogP contribution in [0.4, 0.5) is 4.39 Å². The first-order valence-corrected chi connectivity index (χ1v) is 11.1. The molecule has 7 heteroatoms. The van der Waals surface area contributed by atoms with Gasteiger partial charge in [-0.1, -0.05) is 36.4 Å². The van der Waals surface area contributed by atoms with Gasteiger partial charge in [-0.25, -0.2) is 9.37 Å². The Morgan fingerprint density at radius 3 is 2.84 bits per heavy atom. The molecule has 0 unspecified atom stereocenters. The number of carbonyl (C=O) groups excluding carboxylic acids is 1.